The molecule has 2 N–H and O–H groups in total. The summed E-state index contributed by atoms with van der Waals surface area (Å²) in [4.78, 5) is 11.9. The number of amides is 1. The van der Waals surface area contributed by atoms with Gasteiger partial charge in [0.15, 0.2) is 8.32 Å². The van der Waals surface area contributed by atoms with Gasteiger partial charge < -0.3 is 19.8 Å². The first kappa shape index (κ1) is 19.5. The van der Waals surface area contributed by atoms with Gasteiger partial charge in [0.1, 0.15) is 5.60 Å². The summed E-state index contributed by atoms with van der Waals surface area (Å²) >= 11 is 0. The third-order valence-corrected chi connectivity index (χ3v) is 8.83. The van der Waals surface area contributed by atoms with Gasteiger partial charge in [0.2, 0.25) is 0 Å². The molecule has 1 saturated heterocycles. The van der Waals surface area contributed by atoms with E-state index in [2.05, 4.69) is 44.5 Å². The number of piperidine rings is 1. The highest BCUT2D eigenvalue weighted by Gasteiger charge is 2.40. The highest BCUT2D eigenvalue weighted by atomic mass is 28.4. The molecule has 1 amide bonds. The molecule has 0 aromatic heterocycles. The van der Waals surface area contributed by atoms with Crippen molar-refractivity contribution in [2.24, 2.45) is 0 Å². The summed E-state index contributed by atoms with van der Waals surface area (Å²) in [6.07, 6.45) is 0.625. The Hall–Kier alpha value is -0.593. The molecule has 5 nitrogen and oxygen atoms in total. The summed E-state index contributed by atoms with van der Waals surface area (Å²) in [5.74, 6) is 0. The van der Waals surface area contributed by atoms with Gasteiger partial charge >= 0.3 is 6.09 Å². The van der Waals surface area contributed by atoms with Crippen molar-refractivity contribution >= 4 is 14.4 Å². The predicted octanol–water partition coefficient (Wildman–Crippen LogP) is 3.26. The minimum absolute atomic E-state index is 0.0540. The molecule has 0 saturated carbocycles. The number of carbonyl (C=O) groups is 1. The van der Waals surface area contributed by atoms with E-state index in [0.29, 0.717) is 0 Å². The van der Waals surface area contributed by atoms with E-state index in [4.69, 9.17) is 9.16 Å². The van der Waals surface area contributed by atoms with E-state index in [-0.39, 0.29) is 23.3 Å². The summed E-state index contributed by atoms with van der Waals surface area (Å²) in [6.45, 7) is 18.5. The third-order valence-electron chi connectivity index (χ3n) is 4.30. The lowest BCUT2D eigenvalue weighted by atomic mass is 10.1. The number of rotatable bonds is 3. The van der Waals surface area contributed by atoms with Crippen LogP contribution >= 0.6 is 0 Å². The smallest absolute Gasteiger partial charge is 0.407 e. The van der Waals surface area contributed by atoms with Gasteiger partial charge in [-0.3, -0.25) is 0 Å². The van der Waals surface area contributed by atoms with Crippen LogP contribution in [0.15, 0.2) is 0 Å². The second-order valence-electron chi connectivity index (χ2n) is 8.74. The first-order valence-electron chi connectivity index (χ1n) is 8.18. The minimum atomic E-state index is -1.78. The van der Waals surface area contributed by atoms with Gasteiger partial charge in [0.25, 0.3) is 0 Å². The third kappa shape index (κ3) is 6.26. The van der Waals surface area contributed by atoms with Gasteiger partial charge in [0.05, 0.1) is 6.10 Å². The Morgan fingerprint density at radius 1 is 1.14 bits per heavy atom. The number of hydrogen-bond acceptors (Lipinski definition) is 4. The lowest BCUT2D eigenvalue weighted by Gasteiger charge is -2.41. The van der Waals surface area contributed by atoms with Crippen molar-refractivity contribution in [3.05, 3.63) is 0 Å². The molecule has 1 heterocycles. The van der Waals surface area contributed by atoms with Crippen LogP contribution in [0.25, 0.3) is 0 Å². The van der Waals surface area contributed by atoms with Crippen molar-refractivity contribution in [3.63, 3.8) is 0 Å². The van der Waals surface area contributed by atoms with Crippen molar-refractivity contribution in [2.45, 2.75) is 83.8 Å². The lowest BCUT2D eigenvalue weighted by Crippen LogP contribution is -2.55. The van der Waals surface area contributed by atoms with E-state index in [1.807, 2.05) is 20.8 Å². The SMILES string of the molecule is CC(C)(C)OC(=O)NC1CNCC(O[Si](C)(C)C(C)(C)C)C1. The Balaban J connectivity index is 2.53. The van der Waals surface area contributed by atoms with E-state index in [1.165, 1.54) is 0 Å². The lowest BCUT2D eigenvalue weighted by molar-refractivity contribution is 0.0468. The minimum Gasteiger partial charge on any atom is -0.444 e. The van der Waals surface area contributed by atoms with Gasteiger partial charge in [-0.05, 0) is 45.3 Å². The second kappa shape index (κ2) is 6.89. The molecular weight excluding hydrogens is 296 g/mol. The number of hydrogen-bond donors (Lipinski definition) is 2. The highest BCUT2D eigenvalue weighted by Crippen LogP contribution is 2.37. The van der Waals surface area contributed by atoms with Crippen LogP contribution in [0.2, 0.25) is 18.1 Å². The molecule has 1 aliphatic heterocycles. The predicted molar refractivity (Wildman–Crippen MR) is 92.7 cm³/mol. The van der Waals surface area contributed by atoms with Crippen LogP contribution in [-0.2, 0) is 9.16 Å². The molecule has 0 spiro atoms. The zero-order valence-electron chi connectivity index (χ0n) is 15.5. The van der Waals surface area contributed by atoms with Crippen LogP contribution in [0.3, 0.4) is 0 Å². The summed E-state index contributed by atoms with van der Waals surface area (Å²) in [5.41, 5.74) is -0.469. The van der Waals surface area contributed by atoms with Crippen molar-refractivity contribution in [1.29, 1.82) is 0 Å². The molecule has 1 fully saturated rings. The first-order chi connectivity index (χ1) is 9.80. The Labute approximate surface area is 136 Å². The average Bonchev–Trinajstić information content (AvgIpc) is 2.23. The van der Waals surface area contributed by atoms with Crippen molar-refractivity contribution < 1.29 is 14.0 Å². The van der Waals surface area contributed by atoms with Gasteiger partial charge in [-0.25, -0.2) is 4.79 Å². The molecule has 1 rings (SSSR count). The van der Waals surface area contributed by atoms with E-state index >= 15 is 0 Å². The topological polar surface area (TPSA) is 59.6 Å². The van der Waals surface area contributed by atoms with Gasteiger partial charge in [0, 0.05) is 19.1 Å². The van der Waals surface area contributed by atoms with Crippen LogP contribution in [0.1, 0.15) is 48.0 Å². The number of ether oxygens (including phenoxy) is 1. The number of nitrogens with one attached hydrogen (secondary N) is 2. The van der Waals surface area contributed by atoms with Gasteiger partial charge in [-0.15, -0.1) is 0 Å². The Kier molecular flexibility index (Phi) is 6.09. The second-order valence-corrected chi connectivity index (χ2v) is 13.5. The van der Waals surface area contributed by atoms with E-state index in [1.54, 1.807) is 0 Å². The van der Waals surface area contributed by atoms with Crippen LogP contribution < -0.4 is 10.6 Å². The van der Waals surface area contributed by atoms with Crippen molar-refractivity contribution in [1.82, 2.24) is 10.6 Å². The molecule has 130 valence electrons. The first-order valence-corrected chi connectivity index (χ1v) is 11.1. The summed E-state index contributed by atoms with van der Waals surface area (Å²) in [6, 6.07) is 0.0540. The Morgan fingerprint density at radius 2 is 1.73 bits per heavy atom. The average molecular weight is 331 g/mol. The van der Waals surface area contributed by atoms with Crippen molar-refractivity contribution in [2.75, 3.05) is 13.1 Å². The molecule has 2 unspecified atom stereocenters. The molecule has 0 bridgehead atoms. The van der Waals surface area contributed by atoms with Crippen LogP contribution in [0.5, 0.6) is 0 Å². The monoisotopic (exact) mass is 330 g/mol. The quantitative estimate of drug-likeness (QED) is 0.780. The molecule has 0 aromatic rings. The molecule has 6 heteroatoms. The summed E-state index contributed by atoms with van der Waals surface area (Å²) in [7, 11) is -1.78. The van der Waals surface area contributed by atoms with Crippen LogP contribution in [0.4, 0.5) is 4.79 Å². The maximum absolute atomic E-state index is 11.9. The molecule has 0 aliphatic carbocycles. The molecule has 1 aliphatic rings. The molecule has 0 radical (unpaired) electrons. The van der Waals surface area contributed by atoms with Crippen LogP contribution in [0, 0.1) is 0 Å². The number of alkyl carbamates (subject to hydrolysis) is 1. The summed E-state index contributed by atoms with van der Waals surface area (Å²) in [5, 5.41) is 6.49. The molecule has 2 atom stereocenters. The standard InChI is InChI=1S/C16H34N2O3Si/c1-15(2,3)20-14(19)18-12-9-13(11-17-10-12)21-22(7,8)16(4,5)6/h12-13,17H,9-11H2,1-8H3,(H,18,19). The fraction of sp³-hybridized carbons (Fsp3) is 0.938. The molecular formula is C16H34N2O3Si. The van der Waals surface area contributed by atoms with E-state index in [9.17, 15) is 4.79 Å². The maximum atomic E-state index is 11.9. The van der Waals surface area contributed by atoms with E-state index in [0.717, 1.165) is 19.5 Å². The summed E-state index contributed by atoms with van der Waals surface area (Å²) < 4.78 is 11.8. The van der Waals surface area contributed by atoms with E-state index < -0.39 is 13.9 Å². The Bertz CT molecular complexity index is 386. The zero-order valence-corrected chi connectivity index (χ0v) is 16.5. The van der Waals surface area contributed by atoms with Crippen molar-refractivity contribution in [3.8, 4) is 0 Å². The highest BCUT2D eigenvalue weighted by molar-refractivity contribution is 6.74. The van der Waals surface area contributed by atoms with Gasteiger partial charge in [-0.2, -0.15) is 0 Å². The Morgan fingerprint density at radius 3 is 2.23 bits per heavy atom. The normalized spacial score (nSPS) is 24.0. The fourth-order valence-electron chi connectivity index (χ4n) is 2.17. The maximum Gasteiger partial charge on any atom is 0.407 e. The van der Waals surface area contributed by atoms with Gasteiger partial charge in [-0.1, -0.05) is 20.8 Å². The fourth-order valence-corrected chi connectivity index (χ4v) is 3.54. The molecule has 22 heavy (non-hydrogen) atoms. The molecule has 0 aromatic carbocycles. The number of carbonyl (C=O) groups excluding carboxylic acids is 1. The van der Waals surface area contributed by atoms with Crippen LogP contribution in [-0.4, -0.2) is 45.2 Å². The largest absolute Gasteiger partial charge is 0.444 e. The zero-order chi connectivity index (χ0) is 17.2.